The zero-order valence-corrected chi connectivity index (χ0v) is 12.6. The fraction of sp³-hybridized carbons (Fsp3) is 0.714. The summed E-state index contributed by atoms with van der Waals surface area (Å²) in [6, 6.07) is 0.406. The Bertz CT molecular complexity index is 354. The number of nitrogens with one attached hydrogen (secondary N) is 3. The third kappa shape index (κ3) is 3.80. The molecule has 2 rings (SSSR count). The first-order valence-corrected chi connectivity index (χ1v) is 7.49. The Morgan fingerprint density at radius 3 is 3.05 bits per heavy atom. The van der Waals surface area contributed by atoms with E-state index in [1.807, 2.05) is 6.20 Å². The Labute approximate surface area is 122 Å². The molecule has 6 nitrogen and oxygen atoms in total. The topological polar surface area (TPSA) is 68.6 Å². The van der Waals surface area contributed by atoms with Crippen molar-refractivity contribution in [2.75, 3.05) is 39.3 Å². The van der Waals surface area contributed by atoms with E-state index in [0.717, 1.165) is 32.7 Å². The molecular weight excluding hydrogens is 252 g/mol. The molecule has 114 valence electrons. The van der Waals surface area contributed by atoms with E-state index in [2.05, 4.69) is 52.0 Å². The molecule has 0 radical (unpaired) electrons. The van der Waals surface area contributed by atoms with Crippen LogP contribution in [0.5, 0.6) is 0 Å². The van der Waals surface area contributed by atoms with Crippen molar-refractivity contribution in [2.45, 2.75) is 26.1 Å². The van der Waals surface area contributed by atoms with Crippen LogP contribution in [-0.4, -0.2) is 61.3 Å². The summed E-state index contributed by atoms with van der Waals surface area (Å²) < 4.78 is 0. The lowest BCUT2D eigenvalue weighted by Gasteiger charge is -2.38. The molecule has 0 aromatic carbocycles. The van der Waals surface area contributed by atoms with Crippen LogP contribution in [0.15, 0.2) is 24.3 Å². The van der Waals surface area contributed by atoms with Crippen LogP contribution in [0.4, 0.5) is 0 Å². The van der Waals surface area contributed by atoms with E-state index in [1.165, 1.54) is 5.70 Å². The molecule has 0 aromatic heterocycles. The lowest BCUT2D eigenvalue weighted by atomic mass is 10.2. The van der Waals surface area contributed by atoms with Crippen LogP contribution < -0.4 is 21.7 Å². The summed E-state index contributed by atoms with van der Waals surface area (Å²) in [4.78, 5) is 4.69. The van der Waals surface area contributed by atoms with Gasteiger partial charge in [0.05, 0.1) is 12.2 Å². The van der Waals surface area contributed by atoms with E-state index >= 15 is 0 Å². The normalized spacial score (nSPS) is 26.1. The standard InChI is InChI=1S/C14H28N6/c1-12-11-16-4-8-19(12)9-5-17-14-13(2)20(7-3-15)10-6-18-14/h6,10-11,13-14,16-18H,3-5,7-9,15H2,1-2H3. The predicted octanol–water partition coefficient (Wildman–Crippen LogP) is -0.608. The van der Waals surface area contributed by atoms with Crippen LogP contribution in [0.1, 0.15) is 13.8 Å². The highest BCUT2D eigenvalue weighted by molar-refractivity contribution is 5.01. The maximum atomic E-state index is 5.64. The van der Waals surface area contributed by atoms with Gasteiger partial charge in [-0.05, 0) is 13.8 Å². The van der Waals surface area contributed by atoms with Crippen molar-refractivity contribution in [3.63, 3.8) is 0 Å². The Hall–Kier alpha value is -1.40. The molecule has 0 aromatic rings. The minimum Gasteiger partial charge on any atom is -0.388 e. The Morgan fingerprint density at radius 2 is 2.30 bits per heavy atom. The molecular formula is C14H28N6. The molecule has 0 bridgehead atoms. The van der Waals surface area contributed by atoms with E-state index in [4.69, 9.17) is 5.73 Å². The van der Waals surface area contributed by atoms with Crippen molar-refractivity contribution in [2.24, 2.45) is 5.73 Å². The second-order valence-corrected chi connectivity index (χ2v) is 5.41. The molecule has 2 aliphatic rings. The van der Waals surface area contributed by atoms with Gasteiger partial charge in [-0.15, -0.1) is 0 Å². The molecule has 6 heteroatoms. The fourth-order valence-corrected chi connectivity index (χ4v) is 2.70. The monoisotopic (exact) mass is 280 g/mol. The lowest BCUT2D eigenvalue weighted by molar-refractivity contribution is 0.200. The van der Waals surface area contributed by atoms with Crippen molar-refractivity contribution in [1.29, 1.82) is 0 Å². The van der Waals surface area contributed by atoms with Crippen molar-refractivity contribution >= 4 is 0 Å². The van der Waals surface area contributed by atoms with Gasteiger partial charge < -0.3 is 26.2 Å². The molecule has 2 atom stereocenters. The first kappa shape index (κ1) is 15.0. The number of allylic oxidation sites excluding steroid dienone is 1. The van der Waals surface area contributed by atoms with Gasteiger partial charge in [0.15, 0.2) is 0 Å². The Morgan fingerprint density at radius 1 is 1.45 bits per heavy atom. The van der Waals surface area contributed by atoms with E-state index in [9.17, 15) is 0 Å². The third-order valence-electron chi connectivity index (χ3n) is 4.02. The molecule has 0 aliphatic carbocycles. The van der Waals surface area contributed by atoms with Crippen molar-refractivity contribution < 1.29 is 0 Å². The van der Waals surface area contributed by atoms with Crippen LogP contribution in [0, 0.1) is 0 Å². The second kappa shape index (κ2) is 7.40. The van der Waals surface area contributed by atoms with Gasteiger partial charge >= 0.3 is 0 Å². The molecule has 0 saturated heterocycles. The van der Waals surface area contributed by atoms with Crippen LogP contribution in [-0.2, 0) is 0 Å². The van der Waals surface area contributed by atoms with Crippen molar-refractivity contribution in [3.8, 4) is 0 Å². The fourth-order valence-electron chi connectivity index (χ4n) is 2.70. The number of rotatable bonds is 6. The van der Waals surface area contributed by atoms with Gasteiger partial charge in [0, 0.05) is 63.6 Å². The van der Waals surface area contributed by atoms with E-state index in [-0.39, 0.29) is 6.17 Å². The summed E-state index contributed by atoms with van der Waals surface area (Å²) in [5.41, 5.74) is 6.96. The van der Waals surface area contributed by atoms with Crippen LogP contribution in [0.25, 0.3) is 0 Å². The Kier molecular flexibility index (Phi) is 5.55. The van der Waals surface area contributed by atoms with Crippen molar-refractivity contribution in [1.82, 2.24) is 25.8 Å². The average molecular weight is 280 g/mol. The van der Waals surface area contributed by atoms with E-state index in [1.54, 1.807) is 0 Å². The smallest absolute Gasteiger partial charge is 0.0971 e. The summed E-state index contributed by atoms with van der Waals surface area (Å²) in [7, 11) is 0. The van der Waals surface area contributed by atoms with Crippen LogP contribution >= 0.6 is 0 Å². The number of hydrogen-bond donors (Lipinski definition) is 4. The second-order valence-electron chi connectivity index (χ2n) is 5.41. The van der Waals surface area contributed by atoms with Gasteiger partial charge in [0.1, 0.15) is 0 Å². The number of nitrogens with zero attached hydrogens (tertiary/aromatic N) is 2. The zero-order chi connectivity index (χ0) is 14.4. The molecule has 0 spiro atoms. The minimum absolute atomic E-state index is 0.277. The van der Waals surface area contributed by atoms with Gasteiger partial charge in [-0.1, -0.05) is 0 Å². The molecule has 2 unspecified atom stereocenters. The van der Waals surface area contributed by atoms with Gasteiger partial charge in [0.25, 0.3) is 0 Å². The highest BCUT2D eigenvalue weighted by Gasteiger charge is 2.22. The molecule has 0 amide bonds. The zero-order valence-electron chi connectivity index (χ0n) is 12.6. The largest absolute Gasteiger partial charge is 0.388 e. The maximum absolute atomic E-state index is 5.64. The number of hydrogen-bond acceptors (Lipinski definition) is 6. The van der Waals surface area contributed by atoms with Crippen molar-refractivity contribution in [3.05, 3.63) is 24.3 Å². The predicted molar refractivity (Wildman–Crippen MR) is 82.6 cm³/mol. The summed E-state index contributed by atoms with van der Waals surface area (Å²) in [5.74, 6) is 0. The first-order valence-electron chi connectivity index (χ1n) is 7.49. The molecule has 2 aliphatic heterocycles. The third-order valence-corrected chi connectivity index (χ3v) is 4.02. The van der Waals surface area contributed by atoms with Gasteiger partial charge in [0.2, 0.25) is 0 Å². The summed E-state index contributed by atoms with van der Waals surface area (Å²) in [6.45, 7) is 10.1. The maximum Gasteiger partial charge on any atom is 0.0971 e. The number of nitrogens with two attached hydrogens (primary N) is 1. The summed E-state index contributed by atoms with van der Waals surface area (Å²) >= 11 is 0. The van der Waals surface area contributed by atoms with Gasteiger partial charge in [-0.3, -0.25) is 5.32 Å². The van der Waals surface area contributed by atoms with Crippen LogP contribution in [0.3, 0.4) is 0 Å². The molecule has 5 N–H and O–H groups in total. The lowest BCUT2D eigenvalue weighted by Crippen LogP contribution is -2.57. The van der Waals surface area contributed by atoms with Crippen LogP contribution in [0.2, 0.25) is 0 Å². The molecule has 0 fully saturated rings. The van der Waals surface area contributed by atoms with E-state index in [0.29, 0.717) is 12.6 Å². The molecule has 0 saturated carbocycles. The Balaban J connectivity index is 1.75. The van der Waals surface area contributed by atoms with Gasteiger partial charge in [-0.2, -0.15) is 0 Å². The molecule has 20 heavy (non-hydrogen) atoms. The van der Waals surface area contributed by atoms with Gasteiger partial charge in [-0.25, -0.2) is 0 Å². The highest BCUT2D eigenvalue weighted by atomic mass is 15.3. The SMILES string of the molecule is CC1=CNCCN1CCNC1NC=CN(CCN)C1C. The average Bonchev–Trinajstić information content (AvgIpc) is 2.45. The molecule has 2 heterocycles. The highest BCUT2D eigenvalue weighted by Crippen LogP contribution is 2.08. The minimum atomic E-state index is 0.277. The first-order chi connectivity index (χ1) is 9.72. The summed E-state index contributed by atoms with van der Waals surface area (Å²) in [5, 5.41) is 10.2. The quantitative estimate of drug-likeness (QED) is 0.521. The van der Waals surface area contributed by atoms with E-state index < -0.39 is 0 Å². The summed E-state index contributed by atoms with van der Waals surface area (Å²) in [6.07, 6.45) is 6.46.